The highest BCUT2D eigenvalue weighted by molar-refractivity contribution is 7.99. The third-order valence-corrected chi connectivity index (χ3v) is 4.06. The molecule has 0 atom stereocenters. The highest BCUT2D eigenvalue weighted by atomic mass is 32.2. The van der Waals surface area contributed by atoms with Crippen molar-refractivity contribution >= 4 is 17.4 Å². The summed E-state index contributed by atoms with van der Waals surface area (Å²) in [6, 6.07) is 2.23. The van der Waals surface area contributed by atoms with Crippen LogP contribution in [0.5, 0.6) is 0 Å². The molecular weight excluding hydrogens is 284 g/mol. The minimum absolute atomic E-state index is 0.000706. The third-order valence-electron chi connectivity index (χ3n) is 3.00. The summed E-state index contributed by atoms with van der Waals surface area (Å²) in [5.74, 6) is -1.59. The second-order valence-corrected chi connectivity index (χ2v) is 5.59. The number of nitrogens with two attached hydrogens (primary N) is 1. The van der Waals surface area contributed by atoms with Gasteiger partial charge < -0.3 is 10.3 Å². The van der Waals surface area contributed by atoms with Crippen LogP contribution in [0, 0.1) is 11.6 Å². The number of nitrogen functional groups attached to an aromatic ring is 1. The average Bonchev–Trinajstić information content (AvgIpc) is 3.19. The van der Waals surface area contributed by atoms with E-state index in [0.717, 1.165) is 25.0 Å². The predicted molar refractivity (Wildman–Crippen MR) is 71.7 cm³/mol. The second kappa shape index (κ2) is 4.90. The van der Waals surface area contributed by atoms with Crippen LogP contribution in [0.25, 0.3) is 0 Å². The fraction of sp³-hybridized carbons (Fsp3) is 0.231. The van der Waals surface area contributed by atoms with Crippen LogP contribution in [-0.2, 0) is 0 Å². The van der Waals surface area contributed by atoms with E-state index in [1.807, 2.05) is 0 Å². The molecule has 0 radical (unpaired) electrons. The number of anilines is 1. The normalized spacial score (nSPS) is 14.5. The van der Waals surface area contributed by atoms with Crippen LogP contribution in [0.4, 0.5) is 14.5 Å². The molecule has 1 saturated carbocycles. The van der Waals surface area contributed by atoms with Crippen molar-refractivity contribution in [3.8, 4) is 0 Å². The van der Waals surface area contributed by atoms with E-state index in [0.29, 0.717) is 11.8 Å². The number of halogens is 2. The van der Waals surface area contributed by atoms with Crippen molar-refractivity contribution in [2.24, 2.45) is 0 Å². The van der Waals surface area contributed by atoms with Gasteiger partial charge in [0.15, 0.2) is 5.03 Å². The molecule has 1 heterocycles. The van der Waals surface area contributed by atoms with Crippen LogP contribution in [0.15, 0.2) is 39.2 Å². The molecule has 2 N–H and O–H groups in total. The SMILES string of the molecule is Nc1cc(F)c(Sc2nccn(C3CC3)c2=O)c(F)c1. The summed E-state index contributed by atoms with van der Waals surface area (Å²) in [6.07, 6.45) is 4.95. The molecule has 2 aromatic rings. The molecule has 0 aliphatic heterocycles. The summed E-state index contributed by atoms with van der Waals surface area (Å²) in [4.78, 5) is 15.8. The monoisotopic (exact) mass is 295 g/mol. The molecular formula is C13H11F2N3OS. The summed E-state index contributed by atoms with van der Waals surface area (Å²) < 4.78 is 29.0. The average molecular weight is 295 g/mol. The van der Waals surface area contributed by atoms with Crippen molar-refractivity contribution in [2.45, 2.75) is 28.8 Å². The van der Waals surface area contributed by atoms with Crippen molar-refractivity contribution in [3.63, 3.8) is 0 Å². The molecule has 0 amide bonds. The Labute approximate surface area is 117 Å². The van der Waals surface area contributed by atoms with Crippen LogP contribution in [0.3, 0.4) is 0 Å². The zero-order valence-corrected chi connectivity index (χ0v) is 11.2. The molecule has 1 aliphatic carbocycles. The lowest BCUT2D eigenvalue weighted by atomic mass is 10.3. The summed E-state index contributed by atoms with van der Waals surface area (Å²) in [7, 11) is 0. The summed E-state index contributed by atoms with van der Waals surface area (Å²) in [6.45, 7) is 0. The van der Waals surface area contributed by atoms with Crippen LogP contribution in [0.2, 0.25) is 0 Å². The van der Waals surface area contributed by atoms with Gasteiger partial charge >= 0.3 is 0 Å². The Morgan fingerprint density at radius 3 is 2.55 bits per heavy atom. The standard InChI is InChI=1S/C13H11F2N3OS/c14-9-5-7(16)6-10(15)11(9)20-12-13(19)18(4-3-17-12)8-1-2-8/h3-6,8H,1-2,16H2. The minimum Gasteiger partial charge on any atom is -0.399 e. The fourth-order valence-corrected chi connectivity index (χ4v) is 2.70. The molecule has 1 aliphatic rings. The topological polar surface area (TPSA) is 60.9 Å². The van der Waals surface area contributed by atoms with Gasteiger partial charge in [-0.25, -0.2) is 13.8 Å². The van der Waals surface area contributed by atoms with Gasteiger partial charge in [0, 0.05) is 24.1 Å². The van der Waals surface area contributed by atoms with Gasteiger partial charge in [-0.15, -0.1) is 0 Å². The van der Waals surface area contributed by atoms with E-state index in [1.165, 1.54) is 6.20 Å². The molecule has 4 nitrogen and oxygen atoms in total. The van der Waals surface area contributed by atoms with Crippen molar-refractivity contribution < 1.29 is 8.78 Å². The summed E-state index contributed by atoms with van der Waals surface area (Å²) >= 11 is 0.686. The van der Waals surface area contributed by atoms with Gasteiger partial charge in [-0.1, -0.05) is 11.8 Å². The van der Waals surface area contributed by atoms with Crippen LogP contribution in [0.1, 0.15) is 18.9 Å². The van der Waals surface area contributed by atoms with Gasteiger partial charge in [-0.05, 0) is 25.0 Å². The van der Waals surface area contributed by atoms with Gasteiger partial charge in [-0.3, -0.25) is 4.79 Å². The quantitative estimate of drug-likeness (QED) is 0.884. The molecule has 0 saturated heterocycles. The number of aromatic nitrogens is 2. The maximum absolute atomic E-state index is 13.7. The highest BCUT2D eigenvalue weighted by Crippen LogP contribution is 2.34. The highest BCUT2D eigenvalue weighted by Gasteiger charge is 2.26. The molecule has 3 rings (SSSR count). The number of rotatable bonds is 3. The van der Waals surface area contributed by atoms with Crippen molar-refractivity contribution in [3.05, 3.63) is 46.5 Å². The zero-order valence-electron chi connectivity index (χ0n) is 10.3. The Balaban J connectivity index is 2.00. The molecule has 20 heavy (non-hydrogen) atoms. The molecule has 104 valence electrons. The first kappa shape index (κ1) is 13.1. The van der Waals surface area contributed by atoms with Crippen molar-refractivity contribution in [1.82, 2.24) is 9.55 Å². The van der Waals surface area contributed by atoms with Gasteiger partial charge in [-0.2, -0.15) is 0 Å². The molecule has 7 heteroatoms. The van der Waals surface area contributed by atoms with E-state index in [9.17, 15) is 13.6 Å². The maximum Gasteiger partial charge on any atom is 0.283 e. The van der Waals surface area contributed by atoms with Crippen LogP contribution < -0.4 is 11.3 Å². The molecule has 1 fully saturated rings. The maximum atomic E-state index is 13.7. The van der Waals surface area contributed by atoms with Gasteiger partial charge in [0.05, 0.1) is 4.90 Å². The number of nitrogens with zero attached hydrogens (tertiary/aromatic N) is 2. The van der Waals surface area contributed by atoms with Crippen LogP contribution in [-0.4, -0.2) is 9.55 Å². The smallest absolute Gasteiger partial charge is 0.283 e. The lowest BCUT2D eigenvalue weighted by Crippen LogP contribution is -2.21. The summed E-state index contributed by atoms with van der Waals surface area (Å²) in [5, 5.41) is 0.0574. The largest absolute Gasteiger partial charge is 0.399 e. The first-order chi connectivity index (χ1) is 9.56. The van der Waals surface area contributed by atoms with E-state index in [2.05, 4.69) is 4.98 Å². The number of hydrogen-bond acceptors (Lipinski definition) is 4. The molecule has 0 bridgehead atoms. The van der Waals surface area contributed by atoms with Gasteiger partial charge in [0.2, 0.25) is 0 Å². The van der Waals surface area contributed by atoms with Gasteiger partial charge in [0.1, 0.15) is 11.6 Å². The van der Waals surface area contributed by atoms with E-state index in [-0.39, 0.29) is 27.2 Å². The van der Waals surface area contributed by atoms with E-state index >= 15 is 0 Å². The van der Waals surface area contributed by atoms with Gasteiger partial charge in [0.25, 0.3) is 5.56 Å². The van der Waals surface area contributed by atoms with Crippen LogP contribution >= 0.6 is 11.8 Å². The molecule has 1 aromatic heterocycles. The number of hydrogen-bond donors (Lipinski definition) is 1. The Kier molecular flexibility index (Phi) is 3.21. The predicted octanol–water partition coefficient (Wildman–Crippen LogP) is 2.59. The Morgan fingerprint density at radius 1 is 1.30 bits per heavy atom. The first-order valence-electron chi connectivity index (χ1n) is 6.06. The Morgan fingerprint density at radius 2 is 1.95 bits per heavy atom. The van der Waals surface area contributed by atoms with E-state index in [1.54, 1.807) is 10.8 Å². The zero-order chi connectivity index (χ0) is 14.3. The second-order valence-electron chi connectivity index (χ2n) is 4.59. The fourth-order valence-electron chi connectivity index (χ4n) is 1.89. The minimum atomic E-state index is -0.796. The molecule has 0 unspecified atom stereocenters. The lowest BCUT2D eigenvalue weighted by molar-refractivity contribution is 0.541. The number of benzene rings is 1. The Bertz CT molecular complexity index is 705. The third kappa shape index (κ3) is 2.40. The Hall–Kier alpha value is -1.89. The van der Waals surface area contributed by atoms with Crippen molar-refractivity contribution in [2.75, 3.05) is 5.73 Å². The van der Waals surface area contributed by atoms with Crippen molar-refractivity contribution in [1.29, 1.82) is 0 Å². The molecule has 1 aromatic carbocycles. The first-order valence-corrected chi connectivity index (χ1v) is 6.87. The lowest BCUT2D eigenvalue weighted by Gasteiger charge is -2.07. The summed E-state index contributed by atoms with van der Waals surface area (Å²) in [5.41, 5.74) is 5.03. The molecule has 0 spiro atoms. The van der Waals surface area contributed by atoms with E-state index < -0.39 is 11.6 Å². The van der Waals surface area contributed by atoms with E-state index in [4.69, 9.17) is 5.73 Å².